The lowest BCUT2D eigenvalue weighted by Crippen LogP contribution is -2.41. The number of hydrogen-bond donors (Lipinski definition) is 3. The van der Waals surface area contributed by atoms with Gasteiger partial charge in [-0.3, -0.25) is 4.79 Å². The Bertz CT molecular complexity index is 1120. The van der Waals surface area contributed by atoms with E-state index in [1.807, 2.05) is 51.2 Å². The predicted molar refractivity (Wildman–Crippen MR) is 111 cm³/mol. The lowest BCUT2D eigenvalue weighted by molar-refractivity contribution is -0.125. The van der Waals surface area contributed by atoms with Gasteiger partial charge >= 0.3 is 0 Å². The second-order valence-electron chi connectivity index (χ2n) is 7.66. The summed E-state index contributed by atoms with van der Waals surface area (Å²) in [7, 11) is 0. The zero-order valence-electron chi connectivity index (χ0n) is 16.0. The van der Waals surface area contributed by atoms with Gasteiger partial charge in [0.05, 0.1) is 5.41 Å². The molecule has 0 aliphatic carbocycles. The van der Waals surface area contributed by atoms with Crippen molar-refractivity contribution in [3.8, 4) is 0 Å². The van der Waals surface area contributed by atoms with Gasteiger partial charge in [-0.25, -0.2) is 0 Å². The normalized spacial score (nSPS) is 12.0. The second-order valence-corrected chi connectivity index (χ2v) is 7.66. The van der Waals surface area contributed by atoms with Crippen LogP contribution in [0, 0.1) is 6.92 Å². The summed E-state index contributed by atoms with van der Waals surface area (Å²) in [4.78, 5) is 19.7. The summed E-state index contributed by atoms with van der Waals surface area (Å²) in [5.74, 6) is 0.0511. The highest BCUT2D eigenvalue weighted by Crippen LogP contribution is 2.33. The monoisotopic (exact) mass is 359 g/mol. The summed E-state index contributed by atoms with van der Waals surface area (Å²) in [5, 5.41) is 5.48. The van der Waals surface area contributed by atoms with E-state index in [1.54, 1.807) is 0 Å². The summed E-state index contributed by atoms with van der Waals surface area (Å²) >= 11 is 0. The Kier molecular flexibility index (Phi) is 4.27. The minimum atomic E-state index is -0.607. The molecule has 0 saturated carbocycles. The molecule has 2 heterocycles. The molecule has 0 atom stereocenters. The number of nitrogens with one attached hydrogen (secondary N) is 3. The minimum Gasteiger partial charge on any atom is -0.361 e. The number of rotatable bonds is 5. The van der Waals surface area contributed by atoms with Crippen LogP contribution in [0.4, 0.5) is 0 Å². The van der Waals surface area contributed by atoms with E-state index in [-0.39, 0.29) is 5.91 Å². The van der Waals surface area contributed by atoms with Gasteiger partial charge in [-0.2, -0.15) is 0 Å². The molecule has 4 aromatic rings. The van der Waals surface area contributed by atoms with Crippen LogP contribution in [0.2, 0.25) is 0 Å². The van der Waals surface area contributed by atoms with Crippen LogP contribution in [-0.2, 0) is 16.6 Å². The van der Waals surface area contributed by atoms with Crippen LogP contribution >= 0.6 is 0 Å². The number of aromatic amines is 2. The molecule has 27 heavy (non-hydrogen) atoms. The highest BCUT2D eigenvalue weighted by Gasteiger charge is 2.33. The zero-order chi connectivity index (χ0) is 19.0. The third-order valence-corrected chi connectivity index (χ3v) is 5.44. The fourth-order valence-electron chi connectivity index (χ4n) is 4.07. The van der Waals surface area contributed by atoms with Crippen molar-refractivity contribution in [2.75, 3.05) is 6.54 Å². The SMILES string of the molecule is Cc1[nH]c2ccccc2c1C(C)(C)C(=O)NCCc1c[nH]c2ccccc12. The lowest BCUT2D eigenvalue weighted by atomic mass is 9.81. The van der Waals surface area contributed by atoms with Gasteiger partial charge in [-0.05, 0) is 50.5 Å². The Morgan fingerprint density at radius 1 is 1.00 bits per heavy atom. The first kappa shape index (κ1) is 17.4. The second kappa shape index (κ2) is 6.62. The molecule has 0 unspecified atom stereocenters. The van der Waals surface area contributed by atoms with E-state index in [1.165, 1.54) is 10.9 Å². The topological polar surface area (TPSA) is 60.7 Å². The van der Waals surface area contributed by atoms with Crippen molar-refractivity contribution >= 4 is 27.7 Å². The van der Waals surface area contributed by atoms with Crippen molar-refractivity contribution < 1.29 is 4.79 Å². The van der Waals surface area contributed by atoms with Crippen molar-refractivity contribution in [1.82, 2.24) is 15.3 Å². The molecule has 0 aliphatic rings. The number of amides is 1. The lowest BCUT2D eigenvalue weighted by Gasteiger charge is -2.24. The maximum Gasteiger partial charge on any atom is 0.230 e. The Balaban J connectivity index is 1.51. The molecule has 0 bridgehead atoms. The number of para-hydroxylation sites is 2. The number of carbonyl (C=O) groups is 1. The van der Waals surface area contributed by atoms with E-state index < -0.39 is 5.41 Å². The largest absolute Gasteiger partial charge is 0.361 e. The van der Waals surface area contributed by atoms with Crippen LogP contribution in [0.3, 0.4) is 0 Å². The number of H-pyrrole nitrogens is 2. The highest BCUT2D eigenvalue weighted by atomic mass is 16.2. The summed E-state index contributed by atoms with van der Waals surface area (Å²) in [6, 6.07) is 16.4. The third-order valence-electron chi connectivity index (χ3n) is 5.44. The van der Waals surface area contributed by atoms with Crippen LogP contribution in [0.5, 0.6) is 0 Å². The van der Waals surface area contributed by atoms with Gasteiger partial charge in [0.25, 0.3) is 0 Å². The predicted octanol–water partition coefficient (Wildman–Crippen LogP) is 4.59. The first-order valence-corrected chi connectivity index (χ1v) is 9.39. The Morgan fingerprint density at radius 2 is 1.67 bits per heavy atom. The van der Waals surface area contributed by atoms with Crippen molar-refractivity contribution in [2.24, 2.45) is 0 Å². The molecule has 1 amide bonds. The summed E-state index contributed by atoms with van der Waals surface area (Å²) in [6.45, 7) is 6.65. The molecule has 4 heteroatoms. The number of hydrogen-bond acceptors (Lipinski definition) is 1. The van der Waals surface area contributed by atoms with Crippen molar-refractivity contribution in [2.45, 2.75) is 32.6 Å². The molecular weight excluding hydrogens is 334 g/mol. The van der Waals surface area contributed by atoms with E-state index in [9.17, 15) is 4.79 Å². The smallest absolute Gasteiger partial charge is 0.230 e. The van der Waals surface area contributed by atoms with Crippen LogP contribution in [-0.4, -0.2) is 22.4 Å². The molecule has 0 fully saturated rings. The quantitative estimate of drug-likeness (QED) is 0.479. The van der Waals surface area contributed by atoms with Crippen LogP contribution in [0.25, 0.3) is 21.8 Å². The molecule has 2 aromatic carbocycles. The van der Waals surface area contributed by atoms with Gasteiger partial charge < -0.3 is 15.3 Å². The molecule has 4 nitrogen and oxygen atoms in total. The molecule has 0 spiro atoms. The first-order valence-electron chi connectivity index (χ1n) is 9.39. The van der Waals surface area contributed by atoms with E-state index in [2.05, 4.69) is 39.6 Å². The van der Waals surface area contributed by atoms with Gasteiger partial charge in [-0.15, -0.1) is 0 Å². The van der Waals surface area contributed by atoms with Gasteiger partial charge in [0, 0.05) is 40.2 Å². The van der Waals surface area contributed by atoms with Crippen LogP contribution in [0.15, 0.2) is 54.7 Å². The molecule has 0 radical (unpaired) electrons. The van der Waals surface area contributed by atoms with E-state index in [0.29, 0.717) is 6.54 Å². The van der Waals surface area contributed by atoms with Crippen molar-refractivity contribution in [1.29, 1.82) is 0 Å². The molecule has 2 aromatic heterocycles. The number of carbonyl (C=O) groups excluding carboxylic acids is 1. The molecule has 4 rings (SSSR count). The van der Waals surface area contributed by atoms with Crippen LogP contribution < -0.4 is 5.32 Å². The Labute approximate surface area is 159 Å². The highest BCUT2D eigenvalue weighted by molar-refractivity contribution is 5.95. The van der Waals surface area contributed by atoms with E-state index in [0.717, 1.165) is 34.1 Å². The average molecular weight is 359 g/mol. The number of fused-ring (bicyclic) bond motifs is 2. The van der Waals surface area contributed by atoms with E-state index in [4.69, 9.17) is 0 Å². The standard InChI is InChI=1S/C23H25N3O/c1-15-21(18-9-5-7-11-20(18)26-15)23(2,3)22(27)24-13-12-16-14-25-19-10-6-4-8-17(16)19/h4-11,14,25-26H,12-13H2,1-3H3,(H,24,27). The summed E-state index contributed by atoms with van der Waals surface area (Å²) in [5.41, 5.74) is 4.95. The Hall–Kier alpha value is -3.01. The van der Waals surface area contributed by atoms with Crippen molar-refractivity contribution in [3.05, 3.63) is 71.5 Å². The number of aromatic nitrogens is 2. The Morgan fingerprint density at radius 3 is 2.44 bits per heavy atom. The third kappa shape index (κ3) is 3.01. The molecular formula is C23H25N3O. The van der Waals surface area contributed by atoms with Gasteiger partial charge in [0.2, 0.25) is 5.91 Å². The summed E-state index contributed by atoms with van der Waals surface area (Å²) < 4.78 is 0. The van der Waals surface area contributed by atoms with E-state index >= 15 is 0 Å². The van der Waals surface area contributed by atoms with Crippen molar-refractivity contribution in [3.63, 3.8) is 0 Å². The zero-order valence-corrected chi connectivity index (χ0v) is 16.0. The van der Waals surface area contributed by atoms with Crippen LogP contribution in [0.1, 0.15) is 30.7 Å². The number of benzene rings is 2. The van der Waals surface area contributed by atoms with Gasteiger partial charge in [-0.1, -0.05) is 36.4 Å². The minimum absolute atomic E-state index is 0.0511. The number of aryl methyl sites for hydroxylation is 1. The molecule has 0 aliphatic heterocycles. The fourth-order valence-corrected chi connectivity index (χ4v) is 4.07. The maximum atomic E-state index is 13.0. The van der Waals surface area contributed by atoms with Gasteiger partial charge in [0.15, 0.2) is 0 Å². The average Bonchev–Trinajstić information content (AvgIpc) is 3.22. The van der Waals surface area contributed by atoms with Gasteiger partial charge in [0.1, 0.15) is 0 Å². The first-order chi connectivity index (χ1) is 13.0. The fraction of sp³-hybridized carbons (Fsp3) is 0.261. The maximum absolute atomic E-state index is 13.0. The molecule has 0 saturated heterocycles. The molecule has 138 valence electrons. The molecule has 3 N–H and O–H groups in total. The summed E-state index contributed by atoms with van der Waals surface area (Å²) in [6.07, 6.45) is 2.84.